The van der Waals surface area contributed by atoms with Gasteiger partial charge in [0.05, 0.1) is 5.69 Å². The topological polar surface area (TPSA) is 150 Å². The van der Waals surface area contributed by atoms with Crippen LogP contribution in [-0.2, 0) is 11.2 Å². The number of anilines is 1. The first-order valence-electron chi connectivity index (χ1n) is 10.9. The van der Waals surface area contributed by atoms with E-state index in [-0.39, 0.29) is 35.1 Å². The maximum absolute atomic E-state index is 14.2. The number of nitrogen functional groups attached to an aromatic ring is 1. The Balaban J connectivity index is 1.66. The van der Waals surface area contributed by atoms with Gasteiger partial charge in [0.2, 0.25) is 17.9 Å². The molecular formula is C25H21F3N6O3. The minimum absolute atomic E-state index is 0.106. The summed E-state index contributed by atoms with van der Waals surface area (Å²) in [5, 5.41) is 8.97. The SMILES string of the molecule is Nc1nc(OC(c2ccccc2-c2cncnc2)C(F)(F)F)cc(-c2ccc(CC(N)C(=O)O)cc2)n1. The summed E-state index contributed by atoms with van der Waals surface area (Å²) in [7, 11) is 0. The first kappa shape index (κ1) is 25.5. The minimum Gasteiger partial charge on any atom is -0.480 e. The van der Waals surface area contributed by atoms with Crippen LogP contribution in [-0.4, -0.2) is 43.2 Å². The normalized spacial score (nSPS) is 13.1. The van der Waals surface area contributed by atoms with Crippen LogP contribution in [0.4, 0.5) is 19.1 Å². The first-order valence-corrected chi connectivity index (χ1v) is 10.9. The van der Waals surface area contributed by atoms with E-state index in [9.17, 15) is 18.0 Å². The highest BCUT2D eigenvalue weighted by Crippen LogP contribution is 2.41. The van der Waals surface area contributed by atoms with Crippen molar-refractivity contribution in [3.63, 3.8) is 0 Å². The van der Waals surface area contributed by atoms with Crippen LogP contribution in [0.1, 0.15) is 17.2 Å². The van der Waals surface area contributed by atoms with Crippen molar-refractivity contribution in [1.29, 1.82) is 0 Å². The summed E-state index contributed by atoms with van der Waals surface area (Å²) in [5.41, 5.74) is 13.2. The molecule has 5 N–H and O–H groups in total. The molecule has 0 radical (unpaired) electrons. The van der Waals surface area contributed by atoms with Crippen LogP contribution in [0.2, 0.25) is 0 Å². The average Bonchev–Trinajstić information content (AvgIpc) is 2.87. The second-order valence-electron chi connectivity index (χ2n) is 8.05. The third-order valence-electron chi connectivity index (χ3n) is 5.39. The molecule has 0 aliphatic heterocycles. The van der Waals surface area contributed by atoms with Crippen molar-refractivity contribution in [2.24, 2.45) is 5.73 Å². The molecule has 2 aromatic heterocycles. The molecule has 12 heteroatoms. The first-order chi connectivity index (χ1) is 17.6. The van der Waals surface area contributed by atoms with Crippen molar-refractivity contribution in [3.05, 3.63) is 84.4 Å². The van der Waals surface area contributed by atoms with Crippen molar-refractivity contribution in [2.45, 2.75) is 24.7 Å². The van der Waals surface area contributed by atoms with E-state index in [0.29, 0.717) is 16.7 Å². The number of rotatable bonds is 8. The van der Waals surface area contributed by atoms with E-state index in [2.05, 4.69) is 19.9 Å². The quantitative estimate of drug-likeness (QED) is 0.321. The molecule has 0 aliphatic carbocycles. The van der Waals surface area contributed by atoms with Crippen LogP contribution >= 0.6 is 0 Å². The largest absolute Gasteiger partial charge is 0.480 e. The molecule has 2 atom stereocenters. The Bertz CT molecular complexity index is 1380. The number of ether oxygens (including phenoxy) is 1. The van der Waals surface area contributed by atoms with Gasteiger partial charge in [-0.25, -0.2) is 15.0 Å². The zero-order valence-corrected chi connectivity index (χ0v) is 19.1. The van der Waals surface area contributed by atoms with Crippen molar-refractivity contribution in [2.75, 3.05) is 5.73 Å². The number of aliphatic carboxylic acids is 1. The van der Waals surface area contributed by atoms with Gasteiger partial charge in [-0.05, 0) is 17.5 Å². The highest BCUT2D eigenvalue weighted by Gasteiger charge is 2.44. The predicted molar refractivity (Wildman–Crippen MR) is 128 cm³/mol. The Morgan fingerprint density at radius 2 is 1.68 bits per heavy atom. The maximum Gasteiger partial charge on any atom is 0.429 e. The number of nitrogens with zero attached hydrogens (tertiary/aromatic N) is 4. The summed E-state index contributed by atoms with van der Waals surface area (Å²) in [4.78, 5) is 26.7. The number of aromatic nitrogens is 4. The second-order valence-corrected chi connectivity index (χ2v) is 8.05. The summed E-state index contributed by atoms with van der Waals surface area (Å²) >= 11 is 0. The molecule has 9 nitrogen and oxygen atoms in total. The summed E-state index contributed by atoms with van der Waals surface area (Å²) in [6.45, 7) is 0. The molecule has 2 aromatic carbocycles. The van der Waals surface area contributed by atoms with Crippen LogP contribution < -0.4 is 16.2 Å². The number of nitrogens with two attached hydrogens (primary N) is 2. The zero-order valence-electron chi connectivity index (χ0n) is 19.1. The molecule has 0 saturated heterocycles. The number of benzene rings is 2. The van der Waals surface area contributed by atoms with Gasteiger partial charge in [-0.3, -0.25) is 4.79 Å². The molecule has 190 valence electrons. The fraction of sp³-hybridized carbons (Fsp3) is 0.160. The fourth-order valence-electron chi connectivity index (χ4n) is 3.66. The van der Waals surface area contributed by atoms with Crippen LogP contribution in [0.3, 0.4) is 0 Å². The molecule has 0 aliphatic rings. The van der Waals surface area contributed by atoms with Crippen molar-refractivity contribution in [1.82, 2.24) is 19.9 Å². The zero-order chi connectivity index (χ0) is 26.6. The third kappa shape index (κ3) is 6.16. The molecular weight excluding hydrogens is 489 g/mol. The number of hydrogen-bond donors (Lipinski definition) is 3. The van der Waals surface area contributed by atoms with Crippen LogP contribution in [0.5, 0.6) is 5.88 Å². The van der Waals surface area contributed by atoms with Crippen molar-refractivity contribution >= 4 is 11.9 Å². The van der Waals surface area contributed by atoms with Gasteiger partial charge in [-0.1, -0.05) is 48.5 Å². The molecule has 37 heavy (non-hydrogen) atoms. The summed E-state index contributed by atoms with van der Waals surface area (Å²) in [6.07, 6.45) is -2.96. The lowest BCUT2D eigenvalue weighted by atomic mass is 9.97. The minimum atomic E-state index is -4.80. The van der Waals surface area contributed by atoms with E-state index in [0.717, 1.165) is 0 Å². The number of carboxylic acid groups (broad SMARTS) is 1. The monoisotopic (exact) mass is 510 g/mol. The predicted octanol–water partition coefficient (Wildman–Crippen LogP) is 3.82. The third-order valence-corrected chi connectivity index (χ3v) is 5.39. The molecule has 0 fully saturated rings. The molecule has 2 unspecified atom stereocenters. The van der Waals surface area contributed by atoms with E-state index >= 15 is 0 Å². The van der Waals surface area contributed by atoms with Gasteiger partial charge in [0, 0.05) is 35.2 Å². The Morgan fingerprint density at radius 1 is 1.00 bits per heavy atom. The van der Waals surface area contributed by atoms with Crippen LogP contribution in [0.15, 0.2) is 73.3 Å². The van der Waals surface area contributed by atoms with E-state index in [1.54, 1.807) is 30.3 Å². The number of halogens is 3. The number of hydrogen-bond acceptors (Lipinski definition) is 8. The maximum atomic E-state index is 14.2. The van der Waals surface area contributed by atoms with Gasteiger partial charge in [0.15, 0.2) is 0 Å². The highest BCUT2D eigenvalue weighted by molar-refractivity contribution is 5.73. The molecule has 0 amide bonds. The van der Waals surface area contributed by atoms with Gasteiger partial charge in [-0.2, -0.15) is 18.2 Å². The van der Waals surface area contributed by atoms with Gasteiger partial charge in [0.25, 0.3) is 0 Å². The Labute approximate surface area is 209 Å². The molecule has 0 bridgehead atoms. The molecule has 4 aromatic rings. The van der Waals surface area contributed by atoms with E-state index in [1.165, 1.54) is 43.0 Å². The van der Waals surface area contributed by atoms with Crippen LogP contribution in [0.25, 0.3) is 22.4 Å². The van der Waals surface area contributed by atoms with Gasteiger partial charge in [-0.15, -0.1) is 0 Å². The highest BCUT2D eigenvalue weighted by atomic mass is 19.4. The molecule has 4 rings (SSSR count). The average molecular weight is 510 g/mol. The van der Waals surface area contributed by atoms with Crippen molar-refractivity contribution in [3.8, 4) is 28.3 Å². The van der Waals surface area contributed by atoms with E-state index < -0.39 is 24.3 Å². The van der Waals surface area contributed by atoms with E-state index in [1.807, 2.05) is 0 Å². The van der Waals surface area contributed by atoms with Gasteiger partial charge < -0.3 is 21.3 Å². The Kier molecular flexibility index (Phi) is 7.30. The lowest BCUT2D eigenvalue weighted by molar-refractivity contribution is -0.198. The van der Waals surface area contributed by atoms with Crippen molar-refractivity contribution < 1.29 is 27.8 Å². The molecule has 0 saturated carbocycles. The standard InChI is InChI=1S/C25H21F3N6O3/c26-25(27,28)22(18-4-2-1-3-17(18)16-11-31-13-32-12-16)37-21-10-20(33-24(30)34-21)15-7-5-14(6-8-15)9-19(29)23(35)36/h1-8,10-13,19,22H,9,29H2,(H,35,36)(H2,30,33,34). The summed E-state index contributed by atoms with van der Waals surface area (Å²) in [6, 6.07) is 12.6. The van der Waals surface area contributed by atoms with E-state index in [4.69, 9.17) is 21.3 Å². The smallest absolute Gasteiger partial charge is 0.429 e. The van der Waals surface area contributed by atoms with Gasteiger partial charge >= 0.3 is 12.1 Å². The number of carboxylic acids is 1. The van der Waals surface area contributed by atoms with Crippen LogP contribution in [0, 0.1) is 0 Å². The summed E-state index contributed by atoms with van der Waals surface area (Å²) < 4.78 is 48.1. The fourth-order valence-corrected chi connectivity index (χ4v) is 3.66. The Morgan fingerprint density at radius 3 is 2.32 bits per heavy atom. The van der Waals surface area contributed by atoms with Gasteiger partial charge in [0.1, 0.15) is 12.4 Å². The second kappa shape index (κ2) is 10.6. The lowest BCUT2D eigenvalue weighted by Gasteiger charge is -2.24. The molecule has 2 heterocycles. The Hall–Kier alpha value is -4.58. The number of alkyl halides is 3. The number of carbonyl (C=O) groups is 1. The summed E-state index contributed by atoms with van der Waals surface area (Å²) in [5.74, 6) is -1.79. The lowest BCUT2D eigenvalue weighted by Crippen LogP contribution is -2.32. The molecule has 0 spiro atoms.